The number of hydrogen-bond acceptors (Lipinski definition) is 4. The molecule has 2 heterocycles. The van der Waals surface area contributed by atoms with Crippen molar-refractivity contribution in [3.63, 3.8) is 0 Å². The second-order valence-corrected chi connectivity index (χ2v) is 5.45. The van der Waals surface area contributed by atoms with Gasteiger partial charge in [-0.1, -0.05) is 0 Å². The highest BCUT2D eigenvalue weighted by Gasteiger charge is 2.17. The third-order valence-electron chi connectivity index (χ3n) is 2.37. The van der Waals surface area contributed by atoms with Gasteiger partial charge in [0.15, 0.2) is 0 Å². The maximum atomic E-state index is 11.6. The van der Waals surface area contributed by atoms with Crippen LogP contribution < -0.4 is 10.9 Å². The largest absolute Gasteiger partial charge is 0.379 e. The predicted molar refractivity (Wildman–Crippen MR) is 66.5 cm³/mol. The summed E-state index contributed by atoms with van der Waals surface area (Å²) >= 11 is 5.23. The lowest BCUT2D eigenvalue weighted by molar-refractivity contribution is 0.700. The summed E-state index contributed by atoms with van der Waals surface area (Å²) in [5, 5.41) is 7.32. The molecule has 15 heavy (non-hydrogen) atoms. The first kappa shape index (κ1) is 11.0. The lowest BCUT2D eigenvalue weighted by Gasteiger charge is -2.13. The summed E-state index contributed by atoms with van der Waals surface area (Å²) < 4.78 is 1.88. The molecule has 1 aromatic rings. The van der Waals surface area contributed by atoms with Crippen molar-refractivity contribution in [2.24, 2.45) is 7.05 Å². The zero-order valence-corrected chi connectivity index (χ0v) is 10.8. The third kappa shape index (κ3) is 2.36. The Morgan fingerprint density at radius 3 is 3.20 bits per heavy atom. The fourth-order valence-corrected chi connectivity index (χ4v) is 3.11. The number of hydrogen-bond donors (Lipinski definition) is 1. The molecule has 0 aliphatic carbocycles. The van der Waals surface area contributed by atoms with Crippen LogP contribution >= 0.6 is 27.7 Å². The zero-order valence-electron chi connectivity index (χ0n) is 8.36. The SMILES string of the molecule is Cn1ncc(NC2CCSC2)c(Br)c1=O. The van der Waals surface area contributed by atoms with Crippen molar-refractivity contribution >= 4 is 33.4 Å². The molecule has 0 saturated carbocycles. The van der Waals surface area contributed by atoms with Gasteiger partial charge in [0.05, 0.1) is 11.9 Å². The van der Waals surface area contributed by atoms with Crippen molar-refractivity contribution in [1.29, 1.82) is 0 Å². The van der Waals surface area contributed by atoms with Crippen LogP contribution in [0.25, 0.3) is 0 Å². The summed E-state index contributed by atoms with van der Waals surface area (Å²) in [6.07, 6.45) is 2.83. The smallest absolute Gasteiger partial charge is 0.282 e. The van der Waals surface area contributed by atoms with Crippen LogP contribution in [-0.4, -0.2) is 27.3 Å². The minimum atomic E-state index is -0.106. The minimum absolute atomic E-state index is 0.106. The average Bonchev–Trinajstić information content (AvgIpc) is 2.72. The lowest BCUT2D eigenvalue weighted by atomic mass is 10.2. The molecule has 0 spiro atoms. The summed E-state index contributed by atoms with van der Waals surface area (Å²) in [4.78, 5) is 11.6. The molecule has 0 aromatic carbocycles. The second kappa shape index (κ2) is 4.57. The number of nitrogens with one attached hydrogen (secondary N) is 1. The van der Waals surface area contributed by atoms with Crippen molar-refractivity contribution in [2.75, 3.05) is 16.8 Å². The van der Waals surface area contributed by atoms with Gasteiger partial charge in [0, 0.05) is 18.8 Å². The van der Waals surface area contributed by atoms with Crippen molar-refractivity contribution in [3.05, 3.63) is 21.0 Å². The van der Waals surface area contributed by atoms with Crippen LogP contribution in [0.2, 0.25) is 0 Å². The van der Waals surface area contributed by atoms with Crippen LogP contribution in [0.15, 0.2) is 15.5 Å². The van der Waals surface area contributed by atoms with Crippen LogP contribution in [-0.2, 0) is 7.05 Å². The van der Waals surface area contributed by atoms with Crippen LogP contribution in [0.5, 0.6) is 0 Å². The van der Waals surface area contributed by atoms with E-state index in [9.17, 15) is 4.79 Å². The molecule has 0 amide bonds. The van der Waals surface area contributed by atoms with Crippen LogP contribution in [0.3, 0.4) is 0 Å². The van der Waals surface area contributed by atoms with E-state index in [1.165, 1.54) is 10.4 Å². The molecule has 1 fully saturated rings. The summed E-state index contributed by atoms with van der Waals surface area (Å²) in [5.41, 5.74) is 0.691. The molecule has 2 rings (SSSR count). The normalized spacial score (nSPS) is 20.5. The highest BCUT2D eigenvalue weighted by molar-refractivity contribution is 9.10. The van der Waals surface area contributed by atoms with Crippen LogP contribution in [0.4, 0.5) is 5.69 Å². The summed E-state index contributed by atoms with van der Waals surface area (Å²) in [6.45, 7) is 0. The minimum Gasteiger partial charge on any atom is -0.379 e. The molecular weight excluding hydrogens is 278 g/mol. The van der Waals surface area contributed by atoms with E-state index in [1.54, 1.807) is 13.2 Å². The van der Waals surface area contributed by atoms with Gasteiger partial charge in [-0.25, -0.2) is 4.68 Å². The van der Waals surface area contributed by atoms with Crippen LogP contribution in [0.1, 0.15) is 6.42 Å². The van der Waals surface area contributed by atoms with Gasteiger partial charge < -0.3 is 5.32 Å². The number of aromatic nitrogens is 2. The number of nitrogens with zero attached hydrogens (tertiary/aromatic N) is 2. The van der Waals surface area contributed by atoms with Gasteiger partial charge in [-0.05, 0) is 28.1 Å². The van der Waals surface area contributed by atoms with E-state index in [4.69, 9.17) is 0 Å². The fourth-order valence-electron chi connectivity index (χ4n) is 1.48. The first-order valence-electron chi connectivity index (χ1n) is 4.74. The Kier molecular flexibility index (Phi) is 3.35. The highest BCUT2D eigenvalue weighted by atomic mass is 79.9. The van der Waals surface area contributed by atoms with Gasteiger partial charge in [-0.15, -0.1) is 0 Å². The maximum Gasteiger partial charge on any atom is 0.282 e. The molecule has 1 unspecified atom stereocenters. The molecule has 1 aliphatic rings. The Hall–Kier alpha value is -0.490. The molecule has 6 heteroatoms. The van der Waals surface area contributed by atoms with E-state index in [0.717, 1.165) is 17.9 Å². The number of halogens is 1. The predicted octanol–water partition coefficient (Wildman–Crippen LogP) is 1.46. The molecule has 1 atom stereocenters. The molecular formula is C9H12BrN3OS. The standard InChI is InChI=1S/C9H12BrN3OS/c1-13-9(14)8(10)7(4-11-13)12-6-2-3-15-5-6/h4,6,12H,2-3,5H2,1H3. The maximum absolute atomic E-state index is 11.6. The van der Waals surface area contributed by atoms with E-state index in [-0.39, 0.29) is 5.56 Å². The highest BCUT2D eigenvalue weighted by Crippen LogP contribution is 2.23. The molecule has 1 N–H and O–H groups in total. The van der Waals surface area contributed by atoms with E-state index in [0.29, 0.717) is 10.5 Å². The fraction of sp³-hybridized carbons (Fsp3) is 0.556. The molecule has 0 radical (unpaired) electrons. The Morgan fingerprint density at radius 2 is 2.53 bits per heavy atom. The monoisotopic (exact) mass is 289 g/mol. The molecule has 4 nitrogen and oxygen atoms in total. The second-order valence-electron chi connectivity index (χ2n) is 3.51. The van der Waals surface area contributed by atoms with Gasteiger partial charge in [0.25, 0.3) is 5.56 Å². The lowest BCUT2D eigenvalue weighted by Crippen LogP contribution is -2.25. The number of rotatable bonds is 2. The molecule has 1 aliphatic heterocycles. The van der Waals surface area contributed by atoms with E-state index < -0.39 is 0 Å². The topological polar surface area (TPSA) is 46.9 Å². The Labute approximate surface area is 101 Å². The van der Waals surface area contributed by atoms with Crippen molar-refractivity contribution in [2.45, 2.75) is 12.5 Å². The van der Waals surface area contributed by atoms with E-state index >= 15 is 0 Å². The Balaban J connectivity index is 2.21. The Bertz CT molecular complexity index is 414. The first-order valence-corrected chi connectivity index (χ1v) is 6.69. The third-order valence-corrected chi connectivity index (χ3v) is 4.30. The number of thioether (sulfide) groups is 1. The Morgan fingerprint density at radius 1 is 1.73 bits per heavy atom. The number of anilines is 1. The summed E-state index contributed by atoms with van der Waals surface area (Å²) in [7, 11) is 1.64. The quantitative estimate of drug-likeness (QED) is 0.896. The van der Waals surface area contributed by atoms with Crippen molar-refractivity contribution in [1.82, 2.24) is 9.78 Å². The molecule has 1 aromatic heterocycles. The van der Waals surface area contributed by atoms with Crippen LogP contribution in [0, 0.1) is 0 Å². The van der Waals surface area contributed by atoms with Gasteiger partial charge in [0.2, 0.25) is 0 Å². The van der Waals surface area contributed by atoms with Crippen molar-refractivity contribution in [3.8, 4) is 0 Å². The molecule has 0 bridgehead atoms. The number of aryl methyl sites for hydroxylation is 1. The van der Waals surface area contributed by atoms with E-state index in [1.807, 2.05) is 11.8 Å². The summed E-state index contributed by atoms with van der Waals surface area (Å²) in [6, 6.07) is 0.459. The summed E-state index contributed by atoms with van der Waals surface area (Å²) in [5.74, 6) is 2.29. The van der Waals surface area contributed by atoms with Crippen molar-refractivity contribution < 1.29 is 0 Å². The first-order chi connectivity index (χ1) is 7.18. The van der Waals surface area contributed by atoms with Gasteiger partial charge in [-0.2, -0.15) is 16.9 Å². The molecule has 1 saturated heterocycles. The van der Waals surface area contributed by atoms with Gasteiger partial charge >= 0.3 is 0 Å². The van der Waals surface area contributed by atoms with Gasteiger partial charge in [-0.3, -0.25) is 4.79 Å². The average molecular weight is 290 g/mol. The zero-order chi connectivity index (χ0) is 10.8. The van der Waals surface area contributed by atoms with E-state index in [2.05, 4.69) is 26.3 Å². The van der Waals surface area contributed by atoms with Gasteiger partial charge in [0.1, 0.15) is 4.47 Å². The molecule has 82 valence electrons.